The van der Waals surface area contributed by atoms with Crippen LogP contribution >= 0.6 is 0 Å². The van der Waals surface area contributed by atoms with Gasteiger partial charge in [0.2, 0.25) is 0 Å². The van der Waals surface area contributed by atoms with Gasteiger partial charge in [-0.3, -0.25) is 5.10 Å². The van der Waals surface area contributed by atoms with Gasteiger partial charge in [0.1, 0.15) is 17.3 Å². The Labute approximate surface area is 232 Å². The lowest BCUT2D eigenvalue weighted by atomic mass is 10.1. The number of carbonyl (C=O) groups excluding carboxylic acids is 1. The maximum atomic E-state index is 14.8. The average Bonchev–Trinajstić information content (AvgIpc) is 3.43. The largest absolute Gasteiger partial charge is 0.497 e. The Kier molecular flexibility index (Phi) is 12.6. The second-order valence-corrected chi connectivity index (χ2v) is 8.00. The predicted molar refractivity (Wildman–Crippen MR) is 135 cm³/mol. The molecule has 0 fully saturated rings. The van der Waals surface area contributed by atoms with Crippen LogP contribution in [-0.4, -0.2) is 71.9 Å². The van der Waals surface area contributed by atoms with Crippen molar-refractivity contribution in [2.75, 3.05) is 31.4 Å². The van der Waals surface area contributed by atoms with E-state index in [1.54, 1.807) is 44.6 Å². The molecule has 0 bridgehead atoms. The van der Waals surface area contributed by atoms with Crippen molar-refractivity contribution in [3.05, 3.63) is 60.2 Å². The van der Waals surface area contributed by atoms with Gasteiger partial charge in [0.05, 0.1) is 19.0 Å². The summed E-state index contributed by atoms with van der Waals surface area (Å²) in [5.74, 6) is -5.34. The van der Waals surface area contributed by atoms with Crippen LogP contribution in [-0.2, 0) is 16.1 Å². The summed E-state index contributed by atoms with van der Waals surface area (Å²) in [6.45, 7) is 0.287. The first kappa shape index (κ1) is 35.0. The quantitative estimate of drug-likeness (QED) is 0.247. The fraction of sp³-hybridized carbons (Fsp3) is 0.250. The molecule has 230 valence electrons. The molecule has 0 aliphatic rings. The van der Waals surface area contributed by atoms with Crippen LogP contribution < -0.4 is 20.3 Å². The van der Waals surface area contributed by atoms with Crippen LogP contribution in [0.4, 0.5) is 46.9 Å². The standard InChI is InChI=1S/C20H22FN5O2.2C2HF3O2/c1-26(2)18-9-14(15-11-23-24-12-15)8-17(21)19(18)25-20(27)22-10-13-5-4-6-16(7-13)28-3;2*3-2(4,5)1(6)7/h4-9,11-12H,10H2,1-3H3,(H,23,24)(H2,22,25,27);2*(H,6,7). The van der Waals surface area contributed by atoms with Crippen LogP contribution in [0.3, 0.4) is 0 Å². The molecule has 0 aliphatic heterocycles. The molecule has 0 saturated heterocycles. The number of hydrogen-bond donors (Lipinski definition) is 5. The number of ether oxygens (including phenoxy) is 1. The Bertz CT molecular complexity index is 1320. The molecule has 18 heteroatoms. The van der Waals surface area contributed by atoms with Crippen LogP contribution in [0.25, 0.3) is 11.1 Å². The minimum Gasteiger partial charge on any atom is -0.497 e. The lowest BCUT2D eigenvalue weighted by Gasteiger charge is -2.20. The fourth-order valence-electron chi connectivity index (χ4n) is 2.77. The number of amides is 2. The summed E-state index contributed by atoms with van der Waals surface area (Å²) < 4.78 is 83.4. The average molecular weight is 611 g/mol. The summed E-state index contributed by atoms with van der Waals surface area (Å²) in [5, 5.41) is 26.2. The number of aromatic amines is 1. The van der Waals surface area contributed by atoms with Gasteiger partial charge in [-0.25, -0.2) is 18.8 Å². The topological polar surface area (TPSA) is 157 Å². The number of hydrogen-bond acceptors (Lipinski definition) is 6. The zero-order chi connectivity index (χ0) is 32.3. The van der Waals surface area contributed by atoms with Crippen molar-refractivity contribution in [1.29, 1.82) is 0 Å². The number of urea groups is 1. The van der Waals surface area contributed by atoms with E-state index < -0.39 is 36.1 Å². The Morgan fingerprint density at radius 3 is 2.00 bits per heavy atom. The molecule has 0 atom stereocenters. The summed E-state index contributed by atoms with van der Waals surface area (Å²) in [6, 6.07) is 10.0. The number of methoxy groups -OCH3 is 1. The first-order valence-corrected chi connectivity index (χ1v) is 11.1. The Morgan fingerprint density at radius 2 is 1.55 bits per heavy atom. The molecule has 0 radical (unpaired) electrons. The molecule has 0 saturated carbocycles. The van der Waals surface area contributed by atoms with Crippen LogP contribution in [0.5, 0.6) is 5.75 Å². The molecule has 3 aromatic rings. The Hall–Kier alpha value is -5.03. The number of aliphatic carboxylic acids is 2. The number of carbonyl (C=O) groups is 3. The van der Waals surface area contributed by atoms with Gasteiger partial charge in [0.15, 0.2) is 0 Å². The van der Waals surface area contributed by atoms with Crippen molar-refractivity contribution in [3.8, 4) is 16.9 Å². The first-order chi connectivity index (χ1) is 19.4. The van der Waals surface area contributed by atoms with E-state index in [-0.39, 0.29) is 12.2 Å². The van der Waals surface area contributed by atoms with Crippen LogP contribution in [0.2, 0.25) is 0 Å². The van der Waals surface area contributed by atoms with E-state index in [2.05, 4.69) is 20.8 Å². The summed E-state index contributed by atoms with van der Waals surface area (Å²) >= 11 is 0. The lowest BCUT2D eigenvalue weighted by molar-refractivity contribution is -0.193. The molecule has 2 amide bonds. The molecule has 0 aliphatic carbocycles. The predicted octanol–water partition coefficient (Wildman–Crippen LogP) is 4.88. The van der Waals surface area contributed by atoms with Crippen molar-refractivity contribution >= 4 is 29.3 Å². The molecule has 0 spiro atoms. The number of nitrogens with one attached hydrogen (secondary N) is 3. The first-order valence-electron chi connectivity index (χ1n) is 11.1. The number of benzene rings is 2. The highest BCUT2D eigenvalue weighted by molar-refractivity contribution is 5.94. The SMILES string of the molecule is COc1cccc(CNC(=O)Nc2c(F)cc(-c3cn[nH]c3)cc2N(C)C)c1.O=C(O)C(F)(F)F.O=C(O)C(F)(F)F. The van der Waals surface area contributed by atoms with Gasteiger partial charge in [-0.2, -0.15) is 31.4 Å². The fourth-order valence-corrected chi connectivity index (χ4v) is 2.77. The number of carboxylic acid groups (broad SMARTS) is 2. The van der Waals surface area contributed by atoms with Gasteiger partial charge in [0, 0.05) is 32.4 Å². The number of rotatable bonds is 6. The normalized spacial score (nSPS) is 10.7. The monoisotopic (exact) mass is 611 g/mol. The molecular weight excluding hydrogens is 587 g/mol. The lowest BCUT2D eigenvalue weighted by Crippen LogP contribution is -2.29. The van der Waals surface area contributed by atoms with Gasteiger partial charge < -0.3 is 30.5 Å². The van der Waals surface area contributed by atoms with Gasteiger partial charge in [0.25, 0.3) is 0 Å². The molecule has 2 aromatic carbocycles. The third-order valence-corrected chi connectivity index (χ3v) is 4.69. The van der Waals surface area contributed by atoms with E-state index in [4.69, 9.17) is 24.5 Å². The highest BCUT2D eigenvalue weighted by Gasteiger charge is 2.38. The van der Waals surface area contributed by atoms with Crippen molar-refractivity contribution in [2.45, 2.75) is 18.9 Å². The minimum atomic E-state index is -5.08. The third-order valence-electron chi connectivity index (χ3n) is 4.69. The van der Waals surface area contributed by atoms with Gasteiger partial charge >= 0.3 is 30.3 Å². The van der Waals surface area contributed by atoms with Crippen molar-refractivity contribution < 1.29 is 60.1 Å². The molecular formula is C24H24F7N5O6. The second-order valence-electron chi connectivity index (χ2n) is 8.00. The van der Waals surface area contributed by atoms with Crippen molar-refractivity contribution in [2.24, 2.45) is 0 Å². The van der Waals surface area contributed by atoms with Gasteiger partial charge in [-0.1, -0.05) is 12.1 Å². The number of alkyl halides is 6. The van der Waals surface area contributed by atoms with Crippen LogP contribution in [0.1, 0.15) is 5.56 Å². The highest BCUT2D eigenvalue weighted by Crippen LogP contribution is 2.33. The van der Waals surface area contributed by atoms with E-state index in [0.717, 1.165) is 11.1 Å². The molecule has 1 heterocycles. The van der Waals surface area contributed by atoms with Gasteiger partial charge in [-0.15, -0.1) is 0 Å². The van der Waals surface area contributed by atoms with E-state index in [0.29, 0.717) is 17.0 Å². The van der Waals surface area contributed by atoms with E-state index >= 15 is 0 Å². The number of carboxylic acids is 2. The van der Waals surface area contributed by atoms with E-state index in [9.17, 15) is 35.5 Å². The third kappa shape index (κ3) is 11.6. The van der Waals surface area contributed by atoms with E-state index in [1.807, 2.05) is 24.3 Å². The highest BCUT2D eigenvalue weighted by atomic mass is 19.4. The number of halogens is 7. The molecule has 1 aromatic heterocycles. The van der Waals surface area contributed by atoms with E-state index in [1.165, 1.54) is 6.07 Å². The molecule has 11 nitrogen and oxygen atoms in total. The molecule has 5 N–H and O–H groups in total. The zero-order valence-corrected chi connectivity index (χ0v) is 21.9. The minimum absolute atomic E-state index is 0.111. The molecule has 42 heavy (non-hydrogen) atoms. The number of anilines is 2. The van der Waals surface area contributed by atoms with Crippen molar-refractivity contribution in [1.82, 2.24) is 15.5 Å². The Morgan fingerprint density at radius 1 is 0.976 bits per heavy atom. The summed E-state index contributed by atoms with van der Waals surface area (Å²) in [7, 11) is 5.15. The number of aromatic nitrogens is 2. The maximum Gasteiger partial charge on any atom is 0.490 e. The summed E-state index contributed by atoms with van der Waals surface area (Å²) in [4.78, 5) is 31.9. The summed E-state index contributed by atoms with van der Waals surface area (Å²) in [6.07, 6.45) is -6.87. The smallest absolute Gasteiger partial charge is 0.490 e. The van der Waals surface area contributed by atoms with Crippen LogP contribution in [0, 0.1) is 5.82 Å². The molecule has 0 unspecified atom stereocenters. The Balaban J connectivity index is 0.000000522. The number of nitrogens with zero attached hydrogens (tertiary/aromatic N) is 2. The van der Waals surface area contributed by atoms with Gasteiger partial charge in [-0.05, 0) is 35.4 Å². The molecule has 3 rings (SSSR count). The van der Waals surface area contributed by atoms with Crippen molar-refractivity contribution in [3.63, 3.8) is 0 Å². The number of H-pyrrole nitrogens is 1. The zero-order valence-electron chi connectivity index (χ0n) is 21.9. The summed E-state index contributed by atoms with van der Waals surface area (Å²) in [5.41, 5.74) is 2.96. The maximum absolute atomic E-state index is 14.8. The second kappa shape index (κ2) is 15.1. The van der Waals surface area contributed by atoms with Crippen LogP contribution in [0.15, 0.2) is 48.8 Å².